The number of nitrogens with zero attached hydrogens (tertiary/aromatic N) is 1. The first-order valence-electron chi connectivity index (χ1n) is 5.28. The average molecular weight is 408 g/mol. The Labute approximate surface area is 128 Å². The molecule has 106 valence electrons. The Kier molecular flexibility index (Phi) is 3.99. The lowest BCUT2D eigenvalue weighted by atomic mass is 10.2. The van der Waals surface area contributed by atoms with E-state index in [-0.39, 0.29) is 16.3 Å². The molecule has 0 saturated heterocycles. The van der Waals surface area contributed by atoms with E-state index in [1.807, 2.05) is 22.6 Å². The lowest BCUT2D eigenvalue weighted by molar-refractivity contribution is 0.0695. The van der Waals surface area contributed by atoms with Gasteiger partial charge in [-0.05, 0) is 47.7 Å². The molecule has 0 unspecified atom stereocenters. The monoisotopic (exact) mass is 408 g/mol. The number of aromatic nitrogens is 1. The first-order valence-corrected chi connectivity index (χ1v) is 7.85. The fourth-order valence-electron chi connectivity index (χ4n) is 1.45. The summed E-state index contributed by atoms with van der Waals surface area (Å²) in [6.45, 7) is 1.62. The van der Waals surface area contributed by atoms with E-state index in [2.05, 4.69) is 9.88 Å². The summed E-state index contributed by atoms with van der Waals surface area (Å²) in [6, 6.07) is 5.26. The number of aromatic carboxylic acids is 1. The molecule has 0 aliphatic carbocycles. The van der Waals surface area contributed by atoms with Crippen LogP contribution in [-0.4, -0.2) is 24.7 Å². The highest BCUT2D eigenvalue weighted by Gasteiger charge is 2.19. The van der Waals surface area contributed by atoms with Crippen molar-refractivity contribution in [2.75, 3.05) is 4.72 Å². The summed E-state index contributed by atoms with van der Waals surface area (Å²) in [5, 5.41) is 12.5. The highest BCUT2D eigenvalue weighted by atomic mass is 127. The Bertz CT molecular complexity index is 769. The van der Waals surface area contributed by atoms with Gasteiger partial charge in [-0.3, -0.25) is 4.72 Å². The fourth-order valence-corrected chi connectivity index (χ4v) is 3.02. The van der Waals surface area contributed by atoms with Crippen LogP contribution in [0.4, 0.5) is 5.82 Å². The third kappa shape index (κ3) is 3.10. The second kappa shape index (κ2) is 5.40. The summed E-state index contributed by atoms with van der Waals surface area (Å²) in [4.78, 5) is 10.9. The molecule has 1 heterocycles. The van der Waals surface area contributed by atoms with E-state index >= 15 is 0 Å². The Morgan fingerprint density at radius 3 is 2.65 bits per heavy atom. The molecule has 2 rings (SSSR count). The van der Waals surface area contributed by atoms with Gasteiger partial charge in [-0.25, -0.2) is 13.2 Å². The Balaban J connectivity index is 2.39. The number of carboxylic acids is 1. The average Bonchev–Trinajstić information content (AvgIpc) is 2.73. The summed E-state index contributed by atoms with van der Waals surface area (Å²) < 4.78 is 31.6. The van der Waals surface area contributed by atoms with E-state index < -0.39 is 16.0 Å². The minimum absolute atomic E-state index is 0.0397. The van der Waals surface area contributed by atoms with Crippen LogP contribution in [0.1, 0.15) is 16.1 Å². The topological polar surface area (TPSA) is 110 Å². The summed E-state index contributed by atoms with van der Waals surface area (Å²) in [5.41, 5.74) is -0.0789. The molecular formula is C11H9IN2O5S. The van der Waals surface area contributed by atoms with E-state index in [9.17, 15) is 13.2 Å². The van der Waals surface area contributed by atoms with Gasteiger partial charge in [0.2, 0.25) is 0 Å². The zero-order valence-corrected chi connectivity index (χ0v) is 13.1. The molecule has 0 spiro atoms. The van der Waals surface area contributed by atoms with Crippen LogP contribution in [0, 0.1) is 10.5 Å². The van der Waals surface area contributed by atoms with Crippen LogP contribution in [0.3, 0.4) is 0 Å². The van der Waals surface area contributed by atoms with E-state index in [4.69, 9.17) is 9.63 Å². The van der Waals surface area contributed by atoms with Gasteiger partial charge in [0.15, 0.2) is 5.82 Å². The van der Waals surface area contributed by atoms with Crippen LogP contribution in [0.25, 0.3) is 0 Å². The smallest absolute Gasteiger partial charge is 0.336 e. The van der Waals surface area contributed by atoms with E-state index in [1.54, 1.807) is 6.92 Å². The highest BCUT2D eigenvalue weighted by molar-refractivity contribution is 14.1. The molecule has 0 atom stereocenters. The van der Waals surface area contributed by atoms with Crippen LogP contribution >= 0.6 is 22.6 Å². The molecule has 0 fully saturated rings. The molecule has 0 amide bonds. The fraction of sp³-hybridized carbons (Fsp3) is 0.0909. The predicted molar refractivity (Wildman–Crippen MR) is 78.2 cm³/mol. The quantitative estimate of drug-likeness (QED) is 0.750. The molecule has 9 heteroatoms. The summed E-state index contributed by atoms with van der Waals surface area (Å²) >= 11 is 1.82. The van der Waals surface area contributed by atoms with Crippen molar-refractivity contribution in [1.29, 1.82) is 0 Å². The highest BCUT2D eigenvalue weighted by Crippen LogP contribution is 2.20. The lowest BCUT2D eigenvalue weighted by Gasteiger charge is -2.06. The number of sulfonamides is 1. The number of hydrogen-bond acceptors (Lipinski definition) is 5. The second-order valence-electron chi connectivity index (χ2n) is 3.88. The number of hydrogen-bond donors (Lipinski definition) is 2. The number of carbonyl (C=O) groups is 1. The molecule has 2 aromatic rings. The molecule has 7 nitrogen and oxygen atoms in total. The summed E-state index contributed by atoms with van der Waals surface area (Å²) in [6.07, 6.45) is 0. The van der Waals surface area contributed by atoms with Crippen molar-refractivity contribution in [3.8, 4) is 0 Å². The van der Waals surface area contributed by atoms with Crippen molar-refractivity contribution in [2.24, 2.45) is 0 Å². The van der Waals surface area contributed by atoms with Crippen LogP contribution < -0.4 is 4.72 Å². The maximum absolute atomic E-state index is 12.1. The van der Waals surface area contributed by atoms with E-state index in [0.717, 1.165) is 6.07 Å². The molecule has 0 bridgehead atoms. The van der Waals surface area contributed by atoms with E-state index in [1.165, 1.54) is 18.2 Å². The molecule has 2 N–H and O–H groups in total. The number of rotatable bonds is 4. The summed E-state index contributed by atoms with van der Waals surface area (Å²) in [7, 11) is -3.91. The third-order valence-electron chi connectivity index (χ3n) is 2.35. The summed E-state index contributed by atoms with van der Waals surface area (Å²) in [5.74, 6) is -0.696. The minimum Gasteiger partial charge on any atom is -0.478 e. The lowest BCUT2D eigenvalue weighted by Crippen LogP contribution is -2.14. The largest absolute Gasteiger partial charge is 0.478 e. The van der Waals surface area contributed by atoms with Gasteiger partial charge < -0.3 is 9.63 Å². The van der Waals surface area contributed by atoms with Crippen molar-refractivity contribution in [2.45, 2.75) is 11.8 Å². The molecule has 1 aromatic heterocycles. The number of aryl methyl sites for hydroxylation is 1. The van der Waals surface area contributed by atoms with Gasteiger partial charge in [-0.15, -0.1) is 0 Å². The normalized spacial score (nSPS) is 11.3. The second-order valence-corrected chi connectivity index (χ2v) is 6.72. The molecule has 0 radical (unpaired) electrons. The Morgan fingerprint density at radius 1 is 1.40 bits per heavy atom. The molecular weight excluding hydrogens is 399 g/mol. The number of carboxylic acid groups (broad SMARTS) is 1. The molecule has 20 heavy (non-hydrogen) atoms. The molecule has 0 aliphatic heterocycles. The van der Waals surface area contributed by atoms with Crippen molar-refractivity contribution >= 4 is 44.4 Å². The predicted octanol–water partition coefficient (Wildman–Crippen LogP) is 2.09. The van der Waals surface area contributed by atoms with E-state index in [0.29, 0.717) is 9.33 Å². The maximum Gasteiger partial charge on any atom is 0.336 e. The third-order valence-corrected chi connectivity index (χ3v) is 4.64. The van der Waals surface area contributed by atoms with Crippen LogP contribution in [0.5, 0.6) is 0 Å². The minimum atomic E-state index is -3.91. The van der Waals surface area contributed by atoms with Crippen molar-refractivity contribution in [1.82, 2.24) is 5.16 Å². The van der Waals surface area contributed by atoms with Gasteiger partial charge >= 0.3 is 5.97 Å². The van der Waals surface area contributed by atoms with Gasteiger partial charge in [-0.1, -0.05) is 5.16 Å². The van der Waals surface area contributed by atoms with Crippen LogP contribution in [0.2, 0.25) is 0 Å². The molecule has 0 aliphatic rings. The van der Waals surface area contributed by atoms with Gasteiger partial charge in [0.25, 0.3) is 10.0 Å². The van der Waals surface area contributed by atoms with Gasteiger partial charge in [0, 0.05) is 9.64 Å². The number of anilines is 1. The van der Waals surface area contributed by atoms with Crippen molar-refractivity contribution in [3.63, 3.8) is 0 Å². The van der Waals surface area contributed by atoms with Gasteiger partial charge in [0.05, 0.1) is 10.5 Å². The zero-order valence-electron chi connectivity index (χ0n) is 10.1. The Hall–Kier alpha value is -1.62. The zero-order chi connectivity index (χ0) is 14.9. The van der Waals surface area contributed by atoms with Gasteiger partial charge in [0.1, 0.15) is 5.76 Å². The maximum atomic E-state index is 12.1. The number of nitrogens with one attached hydrogen (secondary N) is 1. The van der Waals surface area contributed by atoms with Gasteiger partial charge in [-0.2, -0.15) is 0 Å². The number of halogens is 1. The molecule has 0 saturated carbocycles. The van der Waals surface area contributed by atoms with Crippen molar-refractivity contribution in [3.05, 3.63) is 39.2 Å². The first-order chi connectivity index (χ1) is 9.29. The first kappa shape index (κ1) is 14.8. The van der Waals surface area contributed by atoms with Crippen LogP contribution in [-0.2, 0) is 10.0 Å². The SMILES string of the molecule is Cc1cc(NS(=O)(=O)c2ccc(I)c(C(=O)O)c2)no1. The van der Waals surface area contributed by atoms with Crippen molar-refractivity contribution < 1.29 is 22.8 Å². The Morgan fingerprint density at radius 2 is 2.10 bits per heavy atom. The number of benzene rings is 1. The van der Waals surface area contributed by atoms with Crippen LogP contribution in [0.15, 0.2) is 33.7 Å². The standard InChI is InChI=1S/C11H9IN2O5S/c1-6-4-10(13-19-6)14-20(17,18)7-2-3-9(12)8(5-7)11(15)16/h2-5H,1H3,(H,13,14)(H,15,16). The molecule has 1 aromatic carbocycles.